The second-order valence-corrected chi connectivity index (χ2v) is 8.99. The maximum Gasteiger partial charge on any atom is 0.307 e. The number of nitrogens with two attached hydrogens (primary N) is 1. The van der Waals surface area contributed by atoms with E-state index in [0.717, 1.165) is 31.2 Å². The number of benzene rings is 2. The van der Waals surface area contributed by atoms with Gasteiger partial charge in [-0.1, -0.05) is 18.2 Å². The molecule has 2 aromatic carbocycles. The van der Waals surface area contributed by atoms with Gasteiger partial charge >= 0.3 is 5.97 Å². The Labute approximate surface area is 191 Å². The molecule has 1 saturated carbocycles. The Balaban J connectivity index is 2.00. The third-order valence-electron chi connectivity index (χ3n) is 6.26. The van der Waals surface area contributed by atoms with Crippen molar-refractivity contribution in [3.8, 4) is 11.1 Å². The summed E-state index contributed by atoms with van der Waals surface area (Å²) in [4.78, 5) is 11.9. The molecule has 1 atom stereocenters. The molecule has 0 radical (unpaired) electrons. The van der Waals surface area contributed by atoms with Crippen LogP contribution in [0.3, 0.4) is 0 Å². The molecule has 2 N–H and O–H groups in total. The quantitative estimate of drug-likeness (QED) is 0.238. The number of hydrogen-bond donors (Lipinski definition) is 1. The molecule has 0 aromatic heterocycles. The highest BCUT2D eigenvalue weighted by molar-refractivity contribution is 5.74. The van der Waals surface area contributed by atoms with E-state index in [0.29, 0.717) is 17.0 Å². The van der Waals surface area contributed by atoms with Gasteiger partial charge < -0.3 is 10.5 Å². The van der Waals surface area contributed by atoms with Gasteiger partial charge in [0.2, 0.25) is 0 Å². The normalized spacial score (nSPS) is 14.3. The monoisotopic (exact) mass is 437 g/mol. The number of allylic oxidation sites excluding steroid dienone is 1. The van der Waals surface area contributed by atoms with Crippen LogP contribution < -0.4 is 5.73 Å². The van der Waals surface area contributed by atoms with Crippen LogP contribution in [0, 0.1) is 19.7 Å². The Morgan fingerprint density at radius 2 is 1.97 bits per heavy atom. The van der Waals surface area contributed by atoms with Crippen molar-refractivity contribution in [2.24, 2.45) is 5.73 Å². The summed E-state index contributed by atoms with van der Waals surface area (Å²) in [7, 11) is 0. The number of hydrogen-bond acceptors (Lipinski definition) is 3. The number of rotatable bonds is 11. The average molecular weight is 438 g/mol. The van der Waals surface area contributed by atoms with Crippen molar-refractivity contribution in [3.63, 3.8) is 0 Å². The third-order valence-corrected chi connectivity index (χ3v) is 6.26. The van der Waals surface area contributed by atoms with Crippen LogP contribution in [0.1, 0.15) is 85.2 Å². The molecule has 0 spiro atoms. The number of aryl methyl sites for hydroxylation is 3. The SMILES string of the molecule is C=CCCCCc1cc(C2CC2)cc(C)c1-c1cc(C)c(F)c([C@@H](N)CC(=O)OCC)c1. The first-order chi connectivity index (χ1) is 15.3. The highest BCUT2D eigenvalue weighted by Gasteiger charge is 2.26. The number of halogens is 1. The van der Waals surface area contributed by atoms with Crippen molar-refractivity contribution in [1.29, 1.82) is 0 Å². The van der Waals surface area contributed by atoms with Crippen molar-refractivity contribution in [2.75, 3.05) is 6.61 Å². The Morgan fingerprint density at radius 1 is 1.22 bits per heavy atom. The molecular formula is C28H36FNO2. The van der Waals surface area contributed by atoms with E-state index in [1.54, 1.807) is 13.8 Å². The van der Waals surface area contributed by atoms with E-state index in [1.807, 2.05) is 18.2 Å². The molecule has 0 bridgehead atoms. The van der Waals surface area contributed by atoms with Crippen LogP contribution in [0.15, 0.2) is 36.9 Å². The molecular weight excluding hydrogens is 401 g/mol. The van der Waals surface area contributed by atoms with Gasteiger partial charge in [0.25, 0.3) is 0 Å². The highest BCUT2D eigenvalue weighted by Crippen LogP contribution is 2.43. The van der Waals surface area contributed by atoms with E-state index in [2.05, 4.69) is 25.6 Å². The van der Waals surface area contributed by atoms with Gasteiger partial charge in [0.05, 0.1) is 13.0 Å². The molecule has 1 fully saturated rings. The third kappa shape index (κ3) is 5.86. The van der Waals surface area contributed by atoms with E-state index >= 15 is 4.39 Å². The first-order valence-electron chi connectivity index (χ1n) is 11.8. The van der Waals surface area contributed by atoms with Gasteiger partial charge in [0.1, 0.15) is 5.82 Å². The predicted octanol–water partition coefficient (Wildman–Crippen LogP) is 6.84. The molecule has 2 aromatic rings. The van der Waals surface area contributed by atoms with Crippen molar-refractivity contribution >= 4 is 5.97 Å². The first-order valence-corrected chi connectivity index (χ1v) is 11.8. The van der Waals surface area contributed by atoms with Crippen molar-refractivity contribution in [1.82, 2.24) is 0 Å². The van der Waals surface area contributed by atoms with Crippen LogP contribution in [0.2, 0.25) is 0 Å². The highest BCUT2D eigenvalue weighted by atomic mass is 19.1. The van der Waals surface area contributed by atoms with Crippen molar-refractivity contribution in [2.45, 2.75) is 77.7 Å². The van der Waals surface area contributed by atoms with E-state index in [4.69, 9.17) is 10.5 Å². The molecule has 172 valence electrons. The summed E-state index contributed by atoms with van der Waals surface area (Å²) in [5, 5.41) is 0. The lowest BCUT2D eigenvalue weighted by Crippen LogP contribution is -2.19. The van der Waals surface area contributed by atoms with Crippen LogP contribution in [0.4, 0.5) is 4.39 Å². The smallest absolute Gasteiger partial charge is 0.307 e. The van der Waals surface area contributed by atoms with Gasteiger partial charge in [-0.05, 0) is 111 Å². The number of carbonyl (C=O) groups is 1. The Kier molecular flexibility index (Phi) is 8.25. The zero-order chi connectivity index (χ0) is 23.3. The zero-order valence-corrected chi connectivity index (χ0v) is 19.7. The zero-order valence-electron chi connectivity index (χ0n) is 19.7. The van der Waals surface area contributed by atoms with Crippen molar-refractivity contribution < 1.29 is 13.9 Å². The second kappa shape index (κ2) is 10.9. The van der Waals surface area contributed by atoms with E-state index in [9.17, 15) is 4.79 Å². The van der Waals surface area contributed by atoms with Crippen LogP contribution in [0.5, 0.6) is 0 Å². The maximum atomic E-state index is 15.0. The van der Waals surface area contributed by atoms with Gasteiger partial charge in [-0.25, -0.2) is 4.39 Å². The van der Waals surface area contributed by atoms with Gasteiger partial charge in [0, 0.05) is 11.6 Å². The second-order valence-electron chi connectivity index (χ2n) is 8.99. The first kappa shape index (κ1) is 24.2. The molecule has 0 heterocycles. The minimum atomic E-state index is -0.741. The fraction of sp³-hybridized carbons (Fsp3) is 0.464. The molecule has 32 heavy (non-hydrogen) atoms. The standard InChI is InChI=1S/C28H36FNO2/c1-5-7-8-9-10-21-15-22(20-11-12-20)13-18(3)27(21)23-14-19(4)28(29)24(16-23)25(30)17-26(31)32-6-2/h5,13-16,20,25H,1,6-12,17,30H2,2-4H3/t25-/m0/s1. The van der Waals surface area contributed by atoms with Crippen LogP contribution in [-0.2, 0) is 16.0 Å². The summed E-state index contributed by atoms with van der Waals surface area (Å²) in [6.07, 6.45) is 8.63. The minimum absolute atomic E-state index is 0.0400. The fourth-order valence-corrected chi connectivity index (χ4v) is 4.48. The molecule has 1 aliphatic rings. The van der Waals surface area contributed by atoms with Gasteiger partial charge in [-0.3, -0.25) is 4.79 Å². The van der Waals surface area contributed by atoms with Crippen LogP contribution in [-0.4, -0.2) is 12.6 Å². The molecule has 4 heteroatoms. The molecule has 1 aliphatic carbocycles. The van der Waals surface area contributed by atoms with Gasteiger partial charge in [-0.15, -0.1) is 6.58 Å². The van der Waals surface area contributed by atoms with E-state index < -0.39 is 12.0 Å². The fourth-order valence-electron chi connectivity index (χ4n) is 4.48. The predicted molar refractivity (Wildman–Crippen MR) is 129 cm³/mol. The lowest BCUT2D eigenvalue weighted by Gasteiger charge is -2.20. The number of ether oxygens (including phenoxy) is 1. The minimum Gasteiger partial charge on any atom is -0.466 e. The largest absolute Gasteiger partial charge is 0.466 e. The molecule has 3 rings (SSSR count). The molecule has 0 saturated heterocycles. The Bertz CT molecular complexity index is 978. The number of carbonyl (C=O) groups excluding carboxylic acids is 1. The van der Waals surface area contributed by atoms with Crippen molar-refractivity contribution in [3.05, 3.63) is 70.6 Å². The van der Waals surface area contributed by atoms with Gasteiger partial charge in [0.15, 0.2) is 0 Å². The summed E-state index contributed by atoms with van der Waals surface area (Å²) >= 11 is 0. The summed E-state index contributed by atoms with van der Waals surface area (Å²) in [5.74, 6) is -0.0705. The van der Waals surface area contributed by atoms with Gasteiger partial charge in [-0.2, -0.15) is 0 Å². The summed E-state index contributed by atoms with van der Waals surface area (Å²) < 4.78 is 20.0. The molecule has 0 aliphatic heterocycles. The van der Waals surface area contributed by atoms with Crippen LogP contribution in [0.25, 0.3) is 11.1 Å². The Morgan fingerprint density at radius 3 is 2.62 bits per heavy atom. The summed E-state index contributed by atoms with van der Waals surface area (Å²) in [6, 6.07) is 7.64. The maximum absolute atomic E-state index is 15.0. The molecule has 3 nitrogen and oxygen atoms in total. The summed E-state index contributed by atoms with van der Waals surface area (Å²) in [5.41, 5.74) is 13.2. The number of esters is 1. The summed E-state index contributed by atoms with van der Waals surface area (Å²) in [6.45, 7) is 9.77. The topological polar surface area (TPSA) is 52.3 Å². The van der Waals surface area contributed by atoms with E-state index in [1.165, 1.54) is 35.1 Å². The lowest BCUT2D eigenvalue weighted by molar-refractivity contribution is -0.143. The molecule has 0 unspecified atom stereocenters. The number of unbranched alkanes of at least 4 members (excludes halogenated alkanes) is 2. The van der Waals surface area contributed by atoms with E-state index in [-0.39, 0.29) is 18.8 Å². The van der Waals surface area contributed by atoms with Crippen LogP contribution >= 0.6 is 0 Å². The Hall–Kier alpha value is -2.46. The lowest BCUT2D eigenvalue weighted by atomic mass is 9.87. The molecule has 0 amide bonds. The average Bonchev–Trinajstić information content (AvgIpc) is 3.58.